The number of pyridine rings is 1. The number of halogens is 1. The summed E-state index contributed by atoms with van der Waals surface area (Å²) in [4.78, 5) is 21.8. The normalized spacial score (nSPS) is 33.3. The van der Waals surface area contributed by atoms with Crippen molar-refractivity contribution < 1.29 is 9.90 Å². The van der Waals surface area contributed by atoms with Gasteiger partial charge in [-0.2, -0.15) is 0 Å². The average molecular weight is 364 g/mol. The van der Waals surface area contributed by atoms with Gasteiger partial charge in [-0.1, -0.05) is 11.6 Å². The average Bonchev–Trinajstić information content (AvgIpc) is 2.92. The molecule has 6 heteroatoms. The molecule has 0 bridgehead atoms. The van der Waals surface area contributed by atoms with Gasteiger partial charge in [0, 0.05) is 37.6 Å². The van der Waals surface area contributed by atoms with Crippen LogP contribution in [0.5, 0.6) is 0 Å². The van der Waals surface area contributed by atoms with Crippen molar-refractivity contribution in [3.05, 3.63) is 23.5 Å². The number of rotatable bonds is 2. The third kappa shape index (κ3) is 3.24. The maximum atomic E-state index is 13.3. The molecular weight excluding hydrogens is 338 g/mol. The standard InChI is InChI=1S/C19H26ClN3O2/c20-17-12-15(6-9-21-17)22-10-1-7-19(13-22)8-11-23(18(19)25)14-2-4-16(24)5-3-14/h6,9,12,14,16,24H,1-5,7-8,10-11,13H2/t14-,16-,19-/m0/s1. The van der Waals surface area contributed by atoms with E-state index in [1.807, 2.05) is 12.1 Å². The molecule has 1 amide bonds. The van der Waals surface area contributed by atoms with E-state index in [-0.39, 0.29) is 11.5 Å². The number of aliphatic hydroxyl groups excluding tert-OH is 1. The molecule has 4 rings (SSSR count). The van der Waals surface area contributed by atoms with E-state index in [2.05, 4.69) is 14.8 Å². The Balaban J connectivity index is 1.49. The number of aromatic nitrogens is 1. The Morgan fingerprint density at radius 2 is 2.00 bits per heavy atom. The number of hydrogen-bond donors (Lipinski definition) is 1. The van der Waals surface area contributed by atoms with Crippen LogP contribution in [0.25, 0.3) is 0 Å². The van der Waals surface area contributed by atoms with Gasteiger partial charge in [-0.05, 0) is 57.1 Å². The molecule has 0 unspecified atom stereocenters. The Morgan fingerprint density at radius 1 is 1.20 bits per heavy atom. The van der Waals surface area contributed by atoms with Gasteiger partial charge >= 0.3 is 0 Å². The van der Waals surface area contributed by atoms with Crippen LogP contribution in [0.15, 0.2) is 18.3 Å². The largest absolute Gasteiger partial charge is 0.393 e. The first-order valence-electron chi connectivity index (χ1n) is 9.43. The molecule has 1 atom stereocenters. The van der Waals surface area contributed by atoms with Gasteiger partial charge in [-0.15, -0.1) is 0 Å². The number of carbonyl (C=O) groups excluding carboxylic acids is 1. The SMILES string of the molecule is O=C1N([C@H]2CC[C@H](O)CC2)CC[C@]12CCCN(c1ccnc(Cl)c1)C2. The van der Waals surface area contributed by atoms with Gasteiger partial charge < -0.3 is 14.9 Å². The van der Waals surface area contributed by atoms with Crippen molar-refractivity contribution in [2.45, 2.75) is 57.1 Å². The molecule has 0 radical (unpaired) electrons. The summed E-state index contributed by atoms with van der Waals surface area (Å²) in [6, 6.07) is 4.19. The first-order valence-corrected chi connectivity index (χ1v) is 9.81. The molecule has 3 fully saturated rings. The number of likely N-dealkylation sites (tertiary alicyclic amines) is 1. The Morgan fingerprint density at radius 3 is 2.76 bits per heavy atom. The van der Waals surface area contributed by atoms with Crippen LogP contribution < -0.4 is 4.90 Å². The number of anilines is 1. The van der Waals surface area contributed by atoms with Crippen molar-refractivity contribution in [3.8, 4) is 0 Å². The van der Waals surface area contributed by atoms with Crippen LogP contribution >= 0.6 is 11.6 Å². The minimum Gasteiger partial charge on any atom is -0.393 e. The zero-order valence-corrected chi connectivity index (χ0v) is 15.3. The van der Waals surface area contributed by atoms with E-state index in [0.29, 0.717) is 17.1 Å². The Kier molecular flexibility index (Phi) is 4.63. The maximum absolute atomic E-state index is 13.3. The molecule has 3 aliphatic rings. The lowest BCUT2D eigenvalue weighted by Gasteiger charge is -2.41. The Hall–Kier alpha value is -1.33. The van der Waals surface area contributed by atoms with Crippen molar-refractivity contribution in [2.75, 3.05) is 24.5 Å². The molecule has 0 aromatic carbocycles. The van der Waals surface area contributed by atoms with E-state index < -0.39 is 0 Å². The molecule has 25 heavy (non-hydrogen) atoms. The predicted molar refractivity (Wildman–Crippen MR) is 97.7 cm³/mol. The number of carbonyl (C=O) groups is 1. The molecule has 2 saturated heterocycles. The summed E-state index contributed by atoms with van der Waals surface area (Å²) >= 11 is 6.05. The van der Waals surface area contributed by atoms with Crippen molar-refractivity contribution in [1.29, 1.82) is 0 Å². The second-order valence-electron chi connectivity index (χ2n) is 7.85. The van der Waals surface area contributed by atoms with Crippen molar-refractivity contribution in [2.24, 2.45) is 5.41 Å². The fourth-order valence-electron chi connectivity index (χ4n) is 4.89. The van der Waals surface area contributed by atoms with Crippen LogP contribution in [-0.2, 0) is 4.79 Å². The van der Waals surface area contributed by atoms with E-state index in [4.69, 9.17) is 11.6 Å². The van der Waals surface area contributed by atoms with Gasteiger partial charge in [-0.25, -0.2) is 4.98 Å². The van der Waals surface area contributed by atoms with Crippen LogP contribution in [0, 0.1) is 5.41 Å². The van der Waals surface area contributed by atoms with E-state index in [1.165, 1.54) is 0 Å². The van der Waals surface area contributed by atoms with Gasteiger partial charge in [0.1, 0.15) is 5.15 Å². The summed E-state index contributed by atoms with van der Waals surface area (Å²) in [5, 5.41) is 10.2. The summed E-state index contributed by atoms with van der Waals surface area (Å²) in [6.07, 6.45) is 8.03. The van der Waals surface area contributed by atoms with Crippen molar-refractivity contribution in [1.82, 2.24) is 9.88 Å². The lowest BCUT2D eigenvalue weighted by atomic mass is 9.78. The quantitative estimate of drug-likeness (QED) is 0.821. The van der Waals surface area contributed by atoms with Crippen LogP contribution in [0.4, 0.5) is 5.69 Å². The minimum atomic E-state index is -0.246. The van der Waals surface area contributed by atoms with Crippen LogP contribution in [-0.4, -0.2) is 52.7 Å². The molecule has 1 aromatic heterocycles. The zero-order chi connectivity index (χ0) is 17.4. The fourth-order valence-corrected chi connectivity index (χ4v) is 5.05. The molecule has 1 spiro atoms. The minimum absolute atomic E-state index is 0.176. The van der Waals surface area contributed by atoms with Gasteiger partial charge in [-0.3, -0.25) is 4.79 Å². The van der Waals surface area contributed by atoms with Gasteiger partial charge in [0.15, 0.2) is 0 Å². The van der Waals surface area contributed by atoms with E-state index >= 15 is 0 Å². The van der Waals surface area contributed by atoms with E-state index in [9.17, 15) is 9.90 Å². The highest BCUT2D eigenvalue weighted by Gasteiger charge is 2.50. The molecule has 136 valence electrons. The molecule has 1 aliphatic carbocycles. The van der Waals surface area contributed by atoms with Gasteiger partial charge in [0.25, 0.3) is 0 Å². The number of nitrogens with zero attached hydrogens (tertiary/aromatic N) is 3. The Bertz CT molecular complexity index is 647. The summed E-state index contributed by atoms with van der Waals surface area (Å²) in [7, 11) is 0. The molecular formula is C19H26ClN3O2. The van der Waals surface area contributed by atoms with Crippen LogP contribution in [0.3, 0.4) is 0 Å². The molecule has 1 N–H and O–H groups in total. The molecule has 1 aromatic rings. The topological polar surface area (TPSA) is 56.7 Å². The lowest BCUT2D eigenvalue weighted by molar-refractivity contribution is -0.139. The zero-order valence-electron chi connectivity index (χ0n) is 14.5. The lowest BCUT2D eigenvalue weighted by Crippen LogP contribution is -2.50. The smallest absolute Gasteiger partial charge is 0.230 e. The summed E-state index contributed by atoms with van der Waals surface area (Å²) < 4.78 is 0. The maximum Gasteiger partial charge on any atom is 0.230 e. The Labute approximate surface area is 154 Å². The van der Waals surface area contributed by atoms with Gasteiger partial charge in [0.2, 0.25) is 5.91 Å². The van der Waals surface area contributed by atoms with Gasteiger partial charge in [0.05, 0.1) is 11.5 Å². The second kappa shape index (κ2) is 6.76. The summed E-state index contributed by atoms with van der Waals surface area (Å²) in [5.74, 6) is 0.332. The third-order valence-electron chi connectivity index (χ3n) is 6.30. The van der Waals surface area contributed by atoms with Crippen molar-refractivity contribution in [3.63, 3.8) is 0 Å². The van der Waals surface area contributed by atoms with Crippen LogP contribution in [0.1, 0.15) is 44.9 Å². The first-order chi connectivity index (χ1) is 12.1. The highest BCUT2D eigenvalue weighted by molar-refractivity contribution is 6.29. The fraction of sp³-hybridized carbons (Fsp3) is 0.684. The van der Waals surface area contributed by atoms with Crippen molar-refractivity contribution >= 4 is 23.2 Å². The third-order valence-corrected chi connectivity index (χ3v) is 6.51. The number of piperidine rings is 1. The number of amides is 1. The molecule has 2 aliphatic heterocycles. The highest BCUT2D eigenvalue weighted by atomic mass is 35.5. The number of hydrogen-bond acceptors (Lipinski definition) is 4. The van der Waals surface area contributed by atoms with E-state index in [0.717, 1.165) is 70.3 Å². The first kappa shape index (κ1) is 17.1. The summed E-state index contributed by atoms with van der Waals surface area (Å²) in [5.41, 5.74) is 0.815. The second-order valence-corrected chi connectivity index (χ2v) is 8.24. The van der Waals surface area contributed by atoms with E-state index in [1.54, 1.807) is 6.20 Å². The summed E-state index contributed by atoms with van der Waals surface area (Å²) in [6.45, 7) is 2.60. The predicted octanol–water partition coefficient (Wildman–Crippen LogP) is 2.86. The molecule has 5 nitrogen and oxygen atoms in total. The highest BCUT2D eigenvalue weighted by Crippen LogP contribution is 2.43. The monoisotopic (exact) mass is 363 g/mol. The molecule has 3 heterocycles. The van der Waals surface area contributed by atoms with Crippen LogP contribution in [0.2, 0.25) is 5.15 Å². The molecule has 1 saturated carbocycles. The number of aliphatic hydroxyl groups is 1.